The highest BCUT2D eigenvalue weighted by molar-refractivity contribution is 5.95. The average Bonchev–Trinajstić information content (AvgIpc) is 2.59. The molecule has 0 aromatic heterocycles. The lowest BCUT2D eigenvalue weighted by Gasteiger charge is -2.11. The number of aryl methyl sites for hydroxylation is 2. The average molecular weight is 341 g/mol. The molecule has 0 bridgehead atoms. The second kappa shape index (κ2) is 8.87. The summed E-state index contributed by atoms with van der Waals surface area (Å²) in [5.41, 5.74) is 3.05. The van der Waals surface area contributed by atoms with Crippen LogP contribution in [0.3, 0.4) is 0 Å². The van der Waals surface area contributed by atoms with Crippen molar-refractivity contribution < 1.29 is 19.1 Å². The Balaban J connectivity index is 1.93. The third kappa shape index (κ3) is 5.64. The molecule has 0 aliphatic carbocycles. The minimum absolute atomic E-state index is 0.103. The van der Waals surface area contributed by atoms with Gasteiger partial charge in [-0.05, 0) is 50.1 Å². The molecule has 5 heteroatoms. The zero-order valence-corrected chi connectivity index (χ0v) is 14.8. The van der Waals surface area contributed by atoms with Crippen molar-refractivity contribution in [1.82, 2.24) is 0 Å². The van der Waals surface area contributed by atoms with Crippen molar-refractivity contribution in [3.8, 4) is 5.75 Å². The van der Waals surface area contributed by atoms with E-state index in [-0.39, 0.29) is 12.5 Å². The zero-order chi connectivity index (χ0) is 18.2. The van der Waals surface area contributed by atoms with Crippen LogP contribution in [0.4, 0.5) is 5.69 Å². The summed E-state index contributed by atoms with van der Waals surface area (Å²) in [6.07, 6.45) is 0.762. The molecule has 0 unspecified atom stereocenters. The van der Waals surface area contributed by atoms with E-state index in [1.54, 1.807) is 24.3 Å². The highest BCUT2D eigenvalue weighted by Gasteiger charge is 2.10. The molecular weight excluding hydrogens is 318 g/mol. The maximum atomic E-state index is 12.1. The summed E-state index contributed by atoms with van der Waals surface area (Å²) in [4.78, 5) is 23.9. The molecule has 0 fully saturated rings. The van der Waals surface area contributed by atoms with Gasteiger partial charge in [-0.15, -0.1) is 0 Å². The molecule has 0 radical (unpaired) electrons. The topological polar surface area (TPSA) is 64.6 Å². The van der Waals surface area contributed by atoms with Crippen LogP contribution in [0.1, 0.15) is 34.8 Å². The normalized spacial score (nSPS) is 10.2. The first-order valence-corrected chi connectivity index (χ1v) is 8.26. The smallest absolute Gasteiger partial charge is 0.338 e. The van der Waals surface area contributed by atoms with E-state index in [1.165, 1.54) is 0 Å². The molecule has 0 saturated heterocycles. The van der Waals surface area contributed by atoms with Crippen molar-refractivity contribution in [1.29, 1.82) is 0 Å². The fourth-order valence-corrected chi connectivity index (χ4v) is 2.30. The molecule has 25 heavy (non-hydrogen) atoms. The number of rotatable bonds is 7. The van der Waals surface area contributed by atoms with Crippen LogP contribution < -0.4 is 10.1 Å². The lowest BCUT2D eigenvalue weighted by Crippen LogP contribution is -2.20. The molecule has 0 heterocycles. The second-order valence-corrected chi connectivity index (χ2v) is 5.82. The van der Waals surface area contributed by atoms with E-state index in [2.05, 4.69) is 5.32 Å². The summed E-state index contributed by atoms with van der Waals surface area (Å²) in [7, 11) is 0. The van der Waals surface area contributed by atoms with Crippen molar-refractivity contribution >= 4 is 17.6 Å². The Labute approximate surface area is 148 Å². The van der Waals surface area contributed by atoms with E-state index in [4.69, 9.17) is 9.47 Å². The Hall–Kier alpha value is -2.82. The number of benzene rings is 2. The van der Waals surface area contributed by atoms with Crippen molar-refractivity contribution in [3.05, 3.63) is 59.2 Å². The van der Waals surface area contributed by atoms with Crippen molar-refractivity contribution in [2.75, 3.05) is 18.5 Å². The quantitative estimate of drug-likeness (QED) is 0.776. The first kappa shape index (κ1) is 18.5. The van der Waals surface area contributed by atoms with Gasteiger partial charge in [0.15, 0.2) is 6.61 Å². The van der Waals surface area contributed by atoms with Crippen LogP contribution in [0, 0.1) is 13.8 Å². The van der Waals surface area contributed by atoms with Crippen molar-refractivity contribution in [2.45, 2.75) is 27.2 Å². The molecule has 1 N–H and O–H groups in total. The van der Waals surface area contributed by atoms with Gasteiger partial charge in [-0.1, -0.05) is 30.7 Å². The molecule has 0 spiro atoms. The van der Waals surface area contributed by atoms with Crippen LogP contribution in [0.15, 0.2) is 42.5 Å². The Morgan fingerprint density at radius 3 is 2.60 bits per heavy atom. The third-order valence-electron chi connectivity index (χ3n) is 3.51. The molecule has 2 aromatic rings. The molecule has 1 amide bonds. The van der Waals surface area contributed by atoms with Gasteiger partial charge >= 0.3 is 5.97 Å². The van der Waals surface area contributed by atoms with Gasteiger partial charge in [0.25, 0.3) is 5.91 Å². The number of nitrogens with one attached hydrogen (secondary N) is 1. The van der Waals surface area contributed by atoms with Gasteiger partial charge in [-0.3, -0.25) is 4.79 Å². The van der Waals surface area contributed by atoms with Crippen LogP contribution in [0.5, 0.6) is 5.75 Å². The third-order valence-corrected chi connectivity index (χ3v) is 3.51. The Kier molecular flexibility index (Phi) is 6.57. The Morgan fingerprint density at radius 2 is 1.88 bits per heavy atom. The van der Waals surface area contributed by atoms with Gasteiger partial charge in [-0.2, -0.15) is 0 Å². The molecular formula is C20H23NO4. The molecule has 0 atom stereocenters. The lowest BCUT2D eigenvalue weighted by molar-refractivity contribution is -0.118. The van der Waals surface area contributed by atoms with E-state index in [1.807, 2.05) is 39.0 Å². The van der Waals surface area contributed by atoms with Gasteiger partial charge < -0.3 is 14.8 Å². The largest absolute Gasteiger partial charge is 0.483 e. The molecule has 0 aliphatic rings. The van der Waals surface area contributed by atoms with E-state index in [9.17, 15) is 9.59 Å². The standard InChI is InChI=1S/C20H23NO4/c1-4-10-24-20(23)16-6-5-7-17(12-16)21-19(22)13-25-18-9-8-14(2)11-15(18)3/h5-9,11-12H,4,10,13H2,1-3H3,(H,21,22). The number of ether oxygens (including phenoxy) is 2. The van der Waals surface area contributed by atoms with E-state index in [0.29, 0.717) is 23.6 Å². The summed E-state index contributed by atoms with van der Waals surface area (Å²) in [6, 6.07) is 12.4. The second-order valence-electron chi connectivity index (χ2n) is 5.82. The van der Waals surface area contributed by atoms with E-state index >= 15 is 0 Å². The molecule has 2 rings (SSSR count). The van der Waals surface area contributed by atoms with Gasteiger partial charge in [0.05, 0.1) is 12.2 Å². The molecule has 2 aromatic carbocycles. The number of hydrogen-bond acceptors (Lipinski definition) is 4. The number of carbonyl (C=O) groups is 2. The van der Waals surface area contributed by atoms with Crippen LogP contribution >= 0.6 is 0 Å². The fourth-order valence-electron chi connectivity index (χ4n) is 2.30. The summed E-state index contributed by atoms with van der Waals surface area (Å²) in [6.45, 7) is 6.14. The monoisotopic (exact) mass is 341 g/mol. The fraction of sp³-hybridized carbons (Fsp3) is 0.300. The van der Waals surface area contributed by atoms with E-state index < -0.39 is 5.97 Å². The summed E-state index contributed by atoms with van der Waals surface area (Å²) < 4.78 is 10.6. The van der Waals surface area contributed by atoms with E-state index in [0.717, 1.165) is 17.5 Å². The summed E-state index contributed by atoms with van der Waals surface area (Å²) in [5.74, 6) is -0.0128. The SMILES string of the molecule is CCCOC(=O)c1cccc(NC(=O)COc2ccc(C)cc2C)c1. The van der Waals surface area contributed by atoms with Crippen molar-refractivity contribution in [2.24, 2.45) is 0 Å². The minimum Gasteiger partial charge on any atom is -0.483 e. The molecule has 0 saturated carbocycles. The predicted octanol–water partition coefficient (Wildman–Crippen LogP) is 3.89. The Morgan fingerprint density at radius 1 is 1.08 bits per heavy atom. The minimum atomic E-state index is -0.399. The first-order chi connectivity index (χ1) is 12.0. The van der Waals surface area contributed by atoms with Gasteiger partial charge in [-0.25, -0.2) is 4.79 Å². The first-order valence-electron chi connectivity index (χ1n) is 8.26. The number of amides is 1. The number of hydrogen-bond donors (Lipinski definition) is 1. The van der Waals surface area contributed by atoms with Gasteiger partial charge in [0, 0.05) is 5.69 Å². The highest BCUT2D eigenvalue weighted by atomic mass is 16.5. The maximum Gasteiger partial charge on any atom is 0.338 e. The molecule has 5 nitrogen and oxygen atoms in total. The van der Waals surface area contributed by atoms with Gasteiger partial charge in [0.2, 0.25) is 0 Å². The number of carbonyl (C=O) groups excluding carboxylic acids is 2. The summed E-state index contributed by atoms with van der Waals surface area (Å²) in [5, 5.41) is 2.72. The molecule has 0 aliphatic heterocycles. The molecule has 132 valence electrons. The summed E-state index contributed by atoms with van der Waals surface area (Å²) >= 11 is 0. The van der Waals surface area contributed by atoms with Crippen LogP contribution in [0.2, 0.25) is 0 Å². The number of esters is 1. The highest BCUT2D eigenvalue weighted by Crippen LogP contribution is 2.19. The van der Waals surface area contributed by atoms with Crippen LogP contribution in [-0.4, -0.2) is 25.1 Å². The maximum absolute atomic E-state index is 12.1. The van der Waals surface area contributed by atoms with Crippen molar-refractivity contribution in [3.63, 3.8) is 0 Å². The Bertz CT molecular complexity index is 755. The lowest BCUT2D eigenvalue weighted by atomic mass is 10.1. The van der Waals surface area contributed by atoms with Crippen LogP contribution in [-0.2, 0) is 9.53 Å². The number of anilines is 1. The zero-order valence-electron chi connectivity index (χ0n) is 14.8. The van der Waals surface area contributed by atoms with Gasteiger partial charge in [0.1, 0.15) is 5.75 Å². The predicted molar refractivity (Wildman–Crippen MR) is 97.1 cm³/mol. The van der Waals surface area contributed by atoms with Crippen LogP contribution in [0.25, 0.3) is 0 Å².